The van der Waals surface area contributed by atoms with Crippen LogP contribution in [0, 0.1) is 0 Å². The van der Waals surface area contributed by atoms with Crippen LogP contribution in [0.4, 0.5) is 0 Å². The van der Waals surface area contributed by atoms with Crippen LogP contribution in [0.2, 0.25) is 0 Å². The van der Waals surface area contributed by atoms with Crippen molar-refractivity contribution in [2.24, 2.45) is 0 Å². The van der Waals surface area contributed by atoms with Gasteiger partial charge in [0.15, 0.2) is 0 Å². The Morgan fingerprint density at radius 3 is 2.64 bits per heavy atom. The molecule has 0 saturated heterocycles. The Labute approximate surface area is 89.6 Å². The highest BCUT2D eigenvalue weighted by molar-refractivity contribution is 7.98. The van der Waals surface area contributed by atoms with Crippen LogP contribution in [-0.4, -0.2) is 11.2 Å². The third-order valence-corrected chi connectivity index (χ3v) is 2.66. The molecular weight excluding hydrogens is 190 g/mol. The maximum absolute atomic E-state index is 4.08. The largest absolute Gasteiger partial charge is 0.264 e. The Kier molecular flexibility index (Phi) is 4.47. The van der Waals surface area contributed by atoms with E-state index in [0.717, 1.165) is 0 Å². The second kappa shape index (κ2) is 5.66. The number of fused-ring (bicyclic) bond motifs is 1. The first-order chi connectivity index (χ1) is 6.92. The predicted octanol–water partition coefficient (Wildman–Crippen LogP) is 3.98. The first-order valence-electron chi connectivity index (χ1n) is 4.78. The molecule has 0 atom stereocenters. The monoisotopic (exact) mass is 205 g/mol. The van der Waals surface area contributed by atoms with Crippen molar-refractivity contribution in [2.45, 2.75) is 18.7 Å². The smallest absolute Gasteiger partial charge is 0.0346 e. The number of hydrogen-bond acceptors (Lipinski definition) is 2. The molecule has 0 spiro atoms. The van der Waals surface area contributed by atoms with Crippen molar-refractivity contribution < 1.29 is 0 Å². The van der Waals surface area contributed by atoms with Crippen LogP contribution in [0.25, 0.3) is 10.8 Å². The summed E-state index contributed by atoms with van der Waals surface area (Å²) in [7, 11) is 0. The SMILES string of the molecule is CC.CSc1cccc2cnccc12. The molecule has 2 rings (SSSR count). The van der Waals surface area contributed by atoms with Gasteiger partial charge in [-0.3, -0.25) is 4.98 Å². The van der Waals surface area contributed by atoms with Crippen LogP contribution in [0.1, 0.15) is 13.8 Å². The first kappa shape index (κ1) is 11.1. The highest BCUT2D eigenvalue weighted by Crippen LogP contribution is 2.24. The fraction of sp³-hybridized carbons (Fsp3) is 0.250. The van der Waals surface area contributed by atoms with Gasteiger partial charge in [0.05, 0.1) is 0 Å². The van der Waals surface area contributed by atoms with Crippen molar-refractivity contribution in [3.8, 4) is 0 Å². The Balaban J connectivity index is 0.000000461. The number of nitrogens with zero attached hydrogens (tertiary/aromatic N) is 1. The summed E-state index contributed by atoms with van der Waals surface area (Å²) in [5.41, 5.74) is 0. The van der Waals surface area contributed by atoms with Crippen LogP contribution in [0.5, 0.6) is 0 Å². The molecule has 0 saturated carbocycles. The van der Waals surface area contributed by atoms with Gasteiger partial charge < -0.3 is 0 Å². The minimum absolute atomic E-state index is 1.21. The highest BCUT2D eigenvalue weighted by atomic mass is 32.2. The van der Waals surface area contributed by atoms with Gasteiger partial charge in [0.2, 0.25) is 0 Å². The molecule has 0 amide bonds. The van der Waals surface area contributed by atoms with E-state index in [1.165, 1.54) is 15.7 Å². The van der Waals surface area contributed by atoms with Crippen molar-refractivity contribution in [1.82, 2.24) is 4.98 Å². The summed E-state index contributed by atoms with van der Waals surface area (Å²) >= 11 is 1.77. The average Bonchev–Trinajstić information content (AvgIpc) is 2.31. The van der Waals surface area contributed by atoms with Crippen molar-refractivity contribution in [3.05, 3.63) is 36.7 Å². The molecule has 0 unspecified atom stereocenters. The average molecular weight is 205 g/mol. The van der Waals surface area contributed by atoms with E-state index >= 15 is 0 Å². The van der Waals surface area contributed by atoms with Gasteiger partial charge in [-0.05, 0) is 23.8 Å². The summed E-state index contributed by atoms with van der Waals surface area (Å²) in [6.07, 6.45) is 5.83. The van der Waals surface area contributed by atoms with E-state index in [9.17, 15) is 0 Å². The quantitative estimate of drug-likeness (QED) is 0.653. The number of hydrogen-bond donors (Lipinski definition) is 0. The Bertz CT molecular complexity index is 393. The summed E-state index contributed by atoms with van der Waals surface area (Å²) in [4.78, 5) is 5.39. The number of thioether (sulfide) groups is 1. The van der Waals surface area contributed by atoms with Gasteiger partial charge in [0.25, 0.3) is 0 Å². The van der Waals surface area contributed by atoms with Gasteiger partial charge in [-0.1, -0.05) is 26.0 Å². The molecule has 74 valence electrons. The highest BCUT2D eigenvalue weighted by Gasteiger charge is 1.96. The molecular formula is C12H15NS. The Morgan fingerprint density at radius 2 is 1.93 bits per heavy atom. The lowest BCUT2D eigenvalue weighted by atomic mass is 10.2. The van der Waals surface area contributed by atoms with Crippen molar-refractivity contribution >= 4 is 22.5 Å². The molecule has 0 radical (unpaired) electrons. The summed E-state index contributed by atoms with van der Waals surface area (Å²) in [5, 5.41) is 2.50. The second-order valence-corrected chi connectivity index (χ2v) is 3.41. The van der Waals surface area contributed by atoms with Crippen LogP contribution < -0.4 is 0 Å². The molecule has 0 aliphatic heterocycles. The zero-order valence-electron chi connectivity index (χ0n) is 8.82. The molecule has 0 aliphatic carbocycles. The van der Waals surface area contributed by atoms with E-state index in [1.807, 2.05) is 26.2 Å². The van der Waals surface area contributed by atoms with Crippen LogP contribution >= 0.6 is 11.8 Å². The normalized spacial score (nSPS) is 9.36. The molecule has 0 fully saturated rings. The van der Waals surface area contributed by atoms with Gasteiger partial charge in [0.1, 0.15) is 0 Å². The molecule has 2 heteroatoms. The van der Waals surface area contributed by atoms with Crippen LogP contribution in [-0.2, 0) is 0 Å². The first-order valence-corrected chi connectivity index (χ1v) is 6.01. The Hall–Kier alpha value is -1.02. The third-order valence-electron chi connectivity index (χ3n) is 1.86. The van der Waals surface area contributed by atoms with Crippen molar-refractivity contribution in [1.29, 1.82) is 0 Å². The van der Waals surface area contributed by atoms with Crippen molar-refractivity contribution in [3.63, 3.8) is 0 Å². The van der Waals surface area contributed by atoms with E-state index in [4.69, 9.17) is 0 Å². The minimum atomic E-state index is 1.21. The standard InChI is InChI=1S/C10H9NS.C2H6/c1-12-10-4-2-3-8-7-11-6-5-9(8)10;1-2/h2-7H,1H3;1-2H3. The lowest BCUT2D eigenvalue weighted by Crippen LogP contribution is -1.77. The molecule has 1 nitrogen and oxygen atoms in total. The maximum atomic E-state index is 4.08. The van der Waals surface area contributed by atoms with E-state index in [1.54, 1.807) is 11.8 Å². The number of rotatable bonds is 1. The molecule has 14 heavy (non-hydrogen) atoms. The number of aromatic nitrogens is 1. The van der Waals surface area contributed by atoms with Gasteiger partial charge in [-0.25, -0.2) is 0 Å². The van der Waals surface area contributed by atoms with E-state index in [2.05, 4.69) is 35.5 Å². The van der Waals surface area contributed by atoms with Gasteiger partial charge >= 0.3 is 0 Å². The predicted molar refractivity (Wildman–Crippen MR) is 64.9 cm³/mol. The van der Waals surface area contributed by atoms with Crippen LogP contribution in [0.3, 0.4) is 0 Å². The molecule has 2 aromatic rings. The summed E-state index contributed by atoms with van der Waals surface area (Å²) in [6.45, 7) is 4.00. The minimum Gasteiger partial charge on any atom is -0.264 e. The lowest BCUT2D eigenvalue weighted by Gasteiger charge is -2.01. The van der Waals surface area contributed by atoms with E-state index in [0.29, 0.717) is 0 Å². The second-order valence-electron chi connectivity index (χ2n) is 2.56. The summed E-state index contributed by atoms with van der Waals surface area (Å²) in [5.74, 6) is 0. The van der Waals surface area contributed by atoms with Gasteiger partial charge in [-0.2, -0.15) is 0 Å². The maximum Gasteiger partial charge on any atom is 0.0346 e. The summed E-state index contributed by atoms with van der Waals surface area (Å²) in [6, 6.07) is 8.34. The zero-order valence-corrected chi connectivity index (χ0v) is 9.64. The number of benzene rings is 1. The molecule has 1 aromatic heterocycles. The summed E-state index contributed by atoms with van der Waals surface area (Å²) < 4.78 is 0. The zero-order chi connectivity index (χ0) is 10.4. The molecule has 0 aliphatic rings. The molecule has 1 heterocycles. The van der Waals surface area contributed by atoms with Gasteiger partial charge in [0, 0.05) is 22.7 Å². The fourth-order valence-corrected chi connectivity index (χ4v) is 1.89. The van der Waals surface area contributed by atoms with E-state index in [-0.39, 0.29) is 0 Å². The third kappa shape index (κ3) is 2.26. The molecule has 0 N–H and O–H groups in total. The topological polar surface area (TPSA) is 12.9 Å². The van der Waals surface area contributed by atoms with E-state index < -0.39 is 0 Å². The van der Waals surface area contributed by atoms with Gasteiger partial charge in [-0.15, -0.1) is 11.8 Å². The molecule has 1 aromatic carbocycles. The lowest BCUT2D eigenvalue weighted by molar-refractivity contribution is 1.35. The fourth-order valence-electron chi connectivity index (χ4n) is 1.27. The van der Waals surface area contributed by atoms with Crippen LogP contribution in [0.15, 0.2) is 41.6 Å². The Morgan fingerprint density at radius 1 is 1.14 bits per heavy atom. The van der Waals surface area contributed by atoms with Crippen molar-refractivity contribution in [2.75, 3.05) is 6.26 Å². The number of pyridine rings is 1. The molecule has 0 bridgehead atoms.